The van der Waals surface area contributed by atoms with Gasteiger partial charge in [-0.15, -0.1) is 11.3 Å². The van der Waals surface area contributed by atoms with Crippen LogP contribution in [0.15, 0.2) is 68.1 Å². The second kappa shape index (κ2) is 8.66. The molecule has 0 unspecified atom stereocenters. The number of hydrogen-bond acceptors (Lipinski definition) is 6. The number of aryl methyl sites for hydroxylation is 1. The first kappa shape index (κ1) is 22.5. The van der Waals surface area contributed by atoms with Gasteiger partial charge in [-0.05, 0) is 61.5 Å². The molecule has 2 heterocycles. The smallest absolute Gasteiger partial charge is 0.307 e. The largest absolute Gasteiger partial charge is 0.333 e. The Morgan fingerprint density at radius 3 is 2.50 bits per heavy atom. The molecule has 0 aliphatic heterocycles. The number of thiophene rings is 1. The first-order chi connectivity index (χ1) is 15.1. The highest BCUT2D eigenvalue weighted by atomic mass is 79.9. The van der Waals surface area contributed by atoms with Crippen molar-refractivity contribution in [1.82, 2.24) is 14.3 Å². The van der Waals surface area contributed by atoms with E-state index in [1.165, 1.54) is 16.7 Å². The highest BCUT2D eigenvalue weighted by molar-refractivity contribution is 9.10. The summed E-state index contributed by atoms with van der Waals surface area (Å²) in [4.78, 5) is 29.6. The summed E-state index contributed by atoms with van der Waals surface area (Å²) in [7, 11) is -4.03. The number of nitrogens with zero attached hydrogens (tertiary/aromatic N) is 2. The number of benzene rings is 2. The van der Waals surface area contributed by atoms with Gasteiger partial charge in [-0.3, -0.25) is 9.36 Å². The van der Waals surface area contributed by atoms with Crippen LogP contribution in [0.25, 0.3) is 16.6 Å². The van der Waals surface area contributed by atoms with Gasteiger partial charge in [-0.1, -0.05) is 27.5 Å². The van der Waals surface area contributed by atoms with E-state index < -0.39 is 16.1 Å². The summed E-state index contributed by atoms with van der Waals surface area (Å²) in [6.07, 6.45) is 0. The van der Waals surface area contributed by atoms with Crippen molar-refractivity contribution in [3.63, 3.8) is 0 Å². The van der Waals surface area contributed by atoms with E-state index in [0.717, 1.165) is 15.8 Å². The van der Waals surface area contributed by atoms with E-state index in [1.807, 2.05) is 10.8 Å². The van der Waals surface area contributed by atoms with Crippen LogP contribution in [0.5, 0.6) is 0 Å². The average Bonchev–Trinajstić information content (AvgIpc) is 3.17. The van der Waals surface area contributed by atoms with E-state index >= 15 is 0 Å². The maximum atomic E-state index is 13.0. The van der Waals surface area contributed by atoms with Crippen LogP contribution in [0.1, 0.15) is 5.82 Å². The maximum Gasteiger partial charge on any atom is 0.333 e. The number of sulfonamides is 1. The molecule has 2 N–H and O–H groups in total. The number of amides is 2. The monoisotopic (exact) mass is 552 g/mol. The predicted octanol–water partition coefficient (Wildman–Crippen LogP) is 4.68. The van der Waals surface area contributed by atoms with Crippen molar-refractivity contribution in [3.8, 4) is 5.69 Å². The van der Waals surface area contributed by atoms with Crippen LogP contribution >= 0.6 is 38.9 Å². The third kappa shape index (κ3) is 4.56. The lowest BCUT2D eigenvalue weighted by Gasteiger charge is -2.12. The molecule has 0 spiro atoms. The summed E-state index contributed by atoms with van der Waals surface area (Å²) in [5, 5.41) is 2.92. The Hall–Kier alpha value is -2.73. The number of aromatic nitrogens is 2. The molecule has 2 amide bonds. The number of hydrogen-bond donors (Lipinski definition) is 2. The van der Waals surface area contributed by atoms with Crippen LogP contribution in [0, 0.1) is 6.92 Å². The Labute approximate surface area is 200 Å². The van der Waals surface area contributed by atoms with Crippen molar-refractivity contribution in [3.05, 3.63) is 79.6 Å². The Bertz CT molecular complexity index is 1520. The van der Waals surface area contributed by atoms with Crippen LogP contribution in [0.4, 0.5) is 10.5 Å². The zero-order valence-electron chi connectivity index (χ0n) is 16.3. The SMILES string of the molecule is Cc1nc2ccc(Br)cc2c(=O)n1-c1ccc(NC(=O)NS(=O)(=O)c2ccc(Cl)s2)cc1. The molecule has 0 atom stereocenters. The van der Waals surface area contributed by atoms with E-state index in [4.69, 9.17) is 11.6 Å². The lowest BCUT2D eigenvalue weighted by Crippen LogP contribution is -2.33. The molecule has 0 saturated carbocycles. The average molecular weight is 554 g/mol. The molecule has 0 radical (unpaired) electrons. The molecule has 12 heteroatoms. The van der Waals surface area contributed by atoms with Crippen molar-refractivity contribution >= 4 is 71.5 Å². The van der Waals surface area contributed by atoms with E-state index in [1.54, 1.807) is 43.3 Å². The minimum absolute atomic E-state index is 0.0710. The Morgan fingerprint density at radius 2 is 1.84 bits per heavy atom. The van der Waals surface area contributed by atoms with Gasteiger partial charge in [-0.25, -0.2) is 22.9 Å². The number of nitrogens with one attached hydrogen (secondary N) is 2. The van der Waals surface area contributed by atoms with Crippen LogP contribution in [0.3, 0.4) is 0 Å². The Balaban J connectivity index is 1.56. The van der Waals surface area contributed by atoms with Crippen molar-refractivity contribution < 1.29 is 13.2 Å². The summed E-state index contributed by atoms with van der Waals surface area (Å²) in [5.74, 6) is 0.504. The number of rotatable bonds is 4. The molecule has 2 aromatic carbocycles. The summed E-state index contributed by atoms with van der Waals surface area (Å²) in [5.41, 5.74) is 1.25. The van der Waals surface area contributed by atoms with Crippen molar-refractivity contribution in [2.45, 2.75) is 11.1 Å². The van der Waals surface area contributed by atoms with Gasteiger partial charge in [0, 0.05) is 10.2 Å². The Kier molecular flexibility index (Phi) is 6.08. The Morgan fingerprint density at radius 1 is 1.12 bits per heavy atom. The van der Waals surface area contributed by atoms with Crippen molar-refractivity contribution in [1.29, 1.82) is 0 Å². The van der Waals surface area contributed by atoms with Gasteiger partial charge in [0.15, 0.2) is 0 Å². The highest BCUT2D eigenvalue weighted by Gasteiger charge is 2.20. The third-order valence-corrected chi connectivity index (χ3v) is 7.97. The molecular formula is C20H14BrClN4O4S2. The van der Waals surface area contributed by atoms with Gasteiger partial charge < -0.3 is 5.32 Å². The zero-order valence-corrected chi connectivity index (χ0v) is 20.3. The van der Waals surface area contributed by atoms with E-state index in [2.05, 4.69) is 26.2 Å². The van der Waals surface area contributed by atoms with Crippen LogP contribution < -0.4 is 15.6 Å². The molecule has 0 saturated heterocycles. The fourth-order valence-electron chi connectivity index (χ4n) is 3.04. The lowest BCUT2D eigenvalue weighted by atomic mass is 10.2. The molecule has 0 aliphatic rings. The fourth-order valence-corrected chi connectivity index (χ4v) is 5.79. The molecule has 8 nitrogen and oxygen atoms in total. The predicted molar refractivity (Wildman–Crippen MR) is 128 cm³/mol. The quantitative estimate of drug-likeness (QED) is 0.381. The maximum absolute atomic E-state index is 13.0. The van der Waals surface area contributed by atoms with Gasteiger partial charge in [0.25, 0.3) is 15.6 Å². The topological polar surface area (TPSA) is 110 Å². The molecule has 0 aliphatic carbocycles. The van der Waals surface area contributed by atoms with E-state index in [-0.39, 0.29) is 9.77 Å². The fraction of sp³-hybridized carbons (Fsp3) is 0.0500. The molecular weight excluding hydrogens is 540 g/mol. The summed E-state index contributed by atoms with van der Waals surface area (Å²) < 4.78 is 28.8. The second-order valence-electron chi connectivity index (χ2n) is 6.63. The highest BCUT2D eigenvalue weighted by Crippen LogP contribution is 2.25. The van der Waals surface area contributed by atoms with Gasteiger partial charge in [0.1, 0.15) is 10.0 Å². The normalized spacial score (nSPS) is 11.5. The molecule has 32 heavy (non-hydrogen) atoms. The van der Waals surface area contributed by atoms with E-state index in [9.17, 15) is 18.0 Å². The van der Waals surface area contributed by atoms with Crippen LogP contribution in [-0.2, 0) is 10.0 Å². The number of carbonyl (C=O) groups excluding carboxylic acids is 1. The van der Waals surface area contributed by atoms with Crippen LogP contribution in [0.2, 0.25) is 4.34 Å². The van der Waals surface area contributed by atoms with Crippen molar-refractivity contribution in [2.75, 3.05) is 5.32 Å². The summed E-state index contributed by atoms with van der Waals surface area (Å²) >= 11 is 9.96. The van der Waals surface area contributed by atoms with Gasteiger partial charge in [0.05, 0.1) is 20.9 Å². The molecule has 164 valence electrons. The van der Waals surface area contributed by atoms with Gasteiger partial charge in [0.2, 0.25) is 0 Å². The summed E-state index contributed by atoms with van der Waals surface area (Å²) in [6, 6.07) is 13.5. The van der Waals surface area contributed by atoms with Gasteiger partial charge >= 0.3 is 6.03 Å². The summed E-state index contributed by atoms with van der Waals surface area (Å²) in [6.45, 7) is 1.73. The third-order valence-electron chi connectivity index (χ3n) is 4.42. The minimum atomic E-state index is -4.03. The minimum Gasteiger partial charge on any atom is -0.307 e. The van der Waals surface area contributed by atoms with Gasteiger partial charge in [-0.2, -0.15) is 0 Å². The number of halogens is 2. The number of carbonyl (C=O) groups is 1. The first-order valence-electron chi connectivity index (χ1n) is 9.02. The standard InChI is InChI=1S/C20H14BrClN4O4S2/c1-11-23-16-7-2-12(21)10-15(16)19(27)26(11)14-5-3-13(4-6-14)24-20(28)25-32(29,30)18-9-8-17(22)31-18/h2-10H,1H3,(H2,24,25,28). The number of anilines is 1. The molecule has 0 bridgehead atoms. The molecule has 4 aromatic rings. The van der Waals surface area contributed by atoms with E-state index in [0.29, 0.717) is 32.4 Å². The number of urea groups is 1. The zero-order chi connectivity index (χ0) is 23.0. The molecule has 0 fully saturated rings. The van der Waals surface area contributed by atoms with Crippen molar-refractivity contribution in [2.24, 2.45) is 0 Å². The molecule has 4 rings (SSSR count). The second-order valence-corrected chi connectivity index (χ2v) is 11.2. The first-order valence-corrected chi connectivity index (χ1v) is 12.5. The molecule has 2 aromatic heterocycles. The van der Waals surface area contributed by atoms with Crippen LogP contribution in [-0.4, -0.2) is 24.0 Å². The lowest BCUT2D eigenvalue weighted by molar-refractivity contribution is 0.256. The number of fused-ring (bicyclic) bond motifs is 1.